The van der Waals surface area contributed by atoms with Gasteiger partial charge in [-0.15, -0.1) is 0 Å². The summed E-state index contributed by atoms with van der Waals surface area (Å²) in [4.78, 5) is 16.8. The van der Waals surface area contributed by atoms with Crippen LogP contribution in [0.15, 0.2) is 36.4 Å². The highest BCUT2D eigenvalue weighted by Crippen LogP contribution is 2.28. The van der Waals surface area contributed by atoms with Gasteiger partial charge in [-0.1, -0.05) is 30.3 Å². The summed E-state index contributed by atoms with van der Waals surface area (Å²) in [5.41, 5.74) is 1.08. The zero-order chi connectivity index (χ0) is 13.9. The Bertz CT molecular complexity index is 497. The lowest BCUT2D eigenvalue weighted by Gasteiger charge is -2.24. The Kier molecular flexibility index (Phi) is 3.88. The number of benzene rings is 1. The Balaban J connectivity index is 1.64. The third-order valence-electron chi connectivity index (χ3n) is 4.68. The quantitative estimate of drug-likeness (QED) is 0.770. The molecule has 1 amide bonds. The van der Waals surface area contributed by atoms with Crippen LogP contribution in [0, 0.1) is 0 Å². The summed E-state index contributed by atoms with van der Waals surface area (Å²) in [5.74, 6) is 0.148. The second kappa shape index (κ2) is 5.80. The van der Waals surface area contributed by atoms with E-state index < -0.39 is 0 Å². The summed E-state index contributed by atoms with van der Waals surface area (Å²) in [6, 6.07) is 11.2. The average molecular weight is 270 g/mol. The highest BCUT2D eigenvalue weighted by Gasteiger charge is 2.35. The van der Waals surface area contributed by atoms with Gasteiger partial charge < -0.3 is 4.90 Å². The number of carbonyl (C=O) groups is 1. The van der Waals surface area contributed by atoms with Crippen LogP contribution in [0.1, 0.15) is 24.8 Å². The molecule has 106 valence electrons. The van der Waals surface area contributed by atoms with Crippen molar-refractivity contribution in [2.45, 2.75) is 31.3 Å². The molecule has 2 atom stereocenters. The smallest absolute Gasteiger partial charge is 0.246 e. The van der Waals surface area contributed by atoms with Crippen molar-refractivity contribution in [2.24, 2.45) is 0 Å². The monoisotopic (exact) mass is 270 g/mol. The molecule has 0 radical (unpaired) electrons. The molecule has 2 saturated heterocycles. The molecule has 3 heteroatoms. The van der Waals surface area contributed by atoms with E-state index in [9.17, 15) is 4.79 Å². The largest absolute Gasteiger partial charge is 0.338 e. The Morgan fingerprint density at radius 3 is 2.70 bits per heavy atom. The number of likely N-dealkylation sites (tertiary alicyclic amines) is 1. The average Bonchev–Trinajstić information content (AvgIpc) is 2.71. The number of rotatable bonds is 2. The maximum atomic E-state index is 12.3. The SMILES string of the molecule is CN1C2CCC1CN(C(=O)/C=C/c1ccccc1)CC2. The molecule has 2 fully saturated rings. The van der Waals surface area contributed by atoms with E-state index in [1.165, 1.54) is 12.8 Å². The third kappa shape index (κ3) is 2.78. The van der Waals surface area contributed by atoms with Gasteiger partial charge in [-0.3, -0.25) is 9.69 Å². The highest BCUT2D eigenvalue weighted by atomic mass is 16.2. The van der Waals surface area contributed by atoms with Gasteiger partial charge in [-0.25, -0.2) is 0 Å². The molecule has 0 saturated carbocycles. The lowest BCUT2D eigenvalue weighted by molar-refractivity contribution is -0.126. The van der Waals surface area contributed by atoms with Crippen molar-refractivity contribution < 1.29 is 4.79 Å². The lowest BCUT2D eigenvalue weighted by Crippen LogP contribution is -2.39. The predicted octanol–water partition coefficient (Wildman–Crippen LogP) is 2.39. The van der Waals surface area contributed by atoms with Crippen molar-refractivity contribution in [1.82, 2.24) is 9.80 Å². The third-order valence-corrected chi connectivity index (χ3v) is 4.68. The fourth-order valence-electron chi connectivity index (χ4n) is 3.35. The molecular weight excluding hydrogens is 248 g/mol. The van der Waals surface area contributed by atoms with E-state index in [0.29, 0.717) is 12.1 Å². The van der Waals surface area contributed by atoms with Crippen molar-refractivity contribution in [1.29, 1.82) is 0 Å². The molecule has 2 aliphatic heterocycles. The van der Waals surface area contributed by atoms with E-state index in [-0.39, 0.29) is 5.91 Å². The Hall–Kier alpha value is -1.61. The van der Waals surface area contributed by atoms with E-state index >= 15 is 0 Å². The van der Waals surface area contributed by atoms with Gasteiger partial charge in [0, 0.05) is 31.2 Å². The van der Waals surface area contributed by atoms with E-state index in [0.717, 1.165) is 25.1 Å². The van der Waals surface area contributed by atoms with Crippen LogP contribution in [0.25, 0.3) is 6.08 Å². The van der Waals surface area contributed by atoms with Crippen LogP contribution < -0.4 is 0 Å². The van der Waals surface area contributed by atoms with Gasteiger partial charge in [0.2, 0.25) is 5.91 Å². The lowest BCUT2D eigenvalue weighted by atomic mass is 10.1. The van der Waals surface area contributed by atoms with Gasteiger partial charge in [0.25, 0.3) is 0 Å². The Labute approximate surface area is 120 Å². The summed E-state index contributed by atoms with van der Waals surface area (Å²) in [6.45, 7) is 1.77. The first-order valence-corrected chi connectivity index (χ1v) is 7.48. The van der Waals surface area contributed by atoms with Gasteiger partial charge in [0.1, 0.15) is 0 Å². The van der Waals surface area contributed by atoms with Gasteiger partial charge in [0.15, 0.2) is 0 Å². The molecule has 2 aliphatic rings. The Morgan fingerprint density at radius 1 is 1.15 bits per heavy atom. The fraction of sp³-hybridized carbons (Fsp3) is 0.471. The van der Waals surface area contributed by atoms with Crippen LogP contribution in [0.3, 0.4) is 0 Å². The molecule has 2 unspecified atom stereocenters. The first-order chi connectivity index (χ1) is 9.74. The Morgan fingerprint density at radius 2 is 1.90 bits per heavy atom. The summed E-state index contributed by atoms with van der Waals surface area (Å²) >= 11 is 0. The number of nitrogens with zero attached hydrogens (tertiary/aromatic N) is 2. The maximum absolute atomic E-state index is 12.3. The summed E-state index contributed by atoms with van der Waals surface area (Å²) in [5, 5.41) is 0. The van der Waals surface area contributed by atoms with Gasteiger partial charge >= 0.3 is 0 Å². The minimum absolute atomic E-state index is 0.148. The zero-order valence-electron chi connectivity index (χ0n) is 12.0. The van der Waals surface area contributed by atoms with Crippen molar-refractivity contribution >= 4 is 12.0 Å². The first-order valence-electron chi connectivity index (χ1n) is 7.48. The molecule has 2 heterocycles. The van der Waals surface area contributed by atoms with E-state index in [1.54, 1.807) is 6.08 Å². The predicted molar refractivity (Wildman–Crippen MR) is 81.2 cm³/mol. The number of amides is 1. The van der Waals surface area contributed by atoms with Crippen molar-refractivity contribution in [3.05, 3.63) is 42.0 Å². The minimum Gasteiger partial charge on any atom is -0.338 e. The first kappa shape index (κ1) is 13.4. The second-order valence-electron chi connectivity index (χ2n) is 5.87. The number of hydrogen-bond donors (Lipinski definition) is 0. The summed E-state index contributed by atoms with van der Waals surface area (Å²) in [6.07, 6.45) is 7.26. The number of fused-ring (bicyclic) bond motifs is 2. The van der Waals surface area contributed by atoms with E-state index in [2.05, 4.69) is 11.9 Å². The summed E-state index contributed by atoms with van der Waals surface area (Å²) in [7, 11) is 2.20. The van der Waals surface area contributed by atoms with Crippen LogP contribution in [-0.2, 0) is 4.79 Å². The van der Waals surface area contributed by atoms with Gasteiger partial charge in [0.05, 0.1) is 0 Å². The number of likely N-dealkylation sites (N-methyl/N-ethyl adjacent to an activating group) is 1. The van der Waals surface area contributed by atoms with Crippen LogP contribution in [0.2, 0.25) is 0 Å². The molecule has 0 aliphatic carbocycles. The van der Waals surface area contributed by atoms with E-state index in [4.69, 9.17) is 0 Å². The van der Waals surface area contributed by atoms with Crippen LogP contribution in [-0.4, -0.2) is 47.9 Å². The van der Waals surface area contributed by atoms with Crippen molar-refractivity contribution in [3.8, 4) is 0 Å². The van der Waals surface area contributed by atoms with Gasteiger partial charge in [-0.05, 0) is 37.9 Å². The zero-order valence-corrected chi connectivity index (χ0v) is 12.0. The van der Waals surface area contributed by atoms with Crippen LogP contribution in [0.4, 0.5) is 0 Å². The molecule has 0 N–H and O–H groups in total. The van der Waals surface area contributed by atoms with Crippen LogP contribution in [0.5, 0.6) is 0 Å². The fourth-order valence-corrected chi connectivity index (χ4v) is 3.35. The molecule has 0 spiro atoms. The van der Waals surface area contributed by atoms with Crippen LogP contribution >= 0.6 is 0 Å². The molecule has 1 aromatic carbocycles. The molecule has 0 aromatic heterocycles. The minimum atomic E-state index is 0.148. The second-order valence-corrected chi connectivity index (χ2v) is 5.87. The standard InChI is InChI=1S/C17H22N2O/c1-18-15-8-9-16(18)13-19(12-11-15)17(20)10-7-14-5-3-2-4-6-14/h2-7,10,15-16H,8-9,11-13H2,1H3/b10-7+. The molecular formula is C17H22N2O. The molecule has 1 aromatic rings. The van der Waals surface area contributed by atoms with Crippen molar-refractivity contribution in [3.63, 3.8) is 0 Å². The molecule has 3 nitrogen and oxygen atoms in total. The highest BCUT2D eigenvalue weighted by molar-refractivity contribution is 5.91. The van der Waals surface area contributed by atoms with Gasteiger partial charge in [-0.2, -0.15) is 0 Å². The summed E-state index contributed by atoms with van der Waals surface area (Å²) < 4.78 is 0. The number of carbonyl (C=O) groups excluding carboxylic acids is 1. The normalized spacial score (nSPS) is 26.9. The maximum Gasteiger partial charge on any atom is 0.246 e. The molecule has 3 rings (SSSR count). The number of hydrogen-bond acceptors (Lipinski definition) is 2. The van der Waals surface area contributed by atoms with Crippen molar-refractivity contribution in [2.75, 3.05) is 20.1 Å². The molecule has 2 bridgehead atoms. The molecule has 20 heavy (non-hydrogen) atoms. The van der Waals surface area contributed by atoms with E-state index in [1.807, 2.05) is 41.3 Å². The topological polar surface area (TPSA) is 23.6 Å².